The van der Waals surface area contributed by atoms with Crippen LogP contribution in [0.5, 0.6) is 0 Å². The van der Waals surface area contributed by atoms with Gasteiger partial charge >= 0.3 is 0 Å². The fourth-order valence-corrected chi connectivity index (χ4v) is 7.89. The molecule has 1 unspecified atom stereocenters. The second-order valence-electron chi connectivity index (χ2n) is 13.7. The number of hydrogen-bond acceptors (Lipinski definition) is 8. The Labute approximate surface area is 274 Å². The molecule has 1 spiro atoms. The number of rotatable bonds is 7. The number of aryl methyl sites for hydroxylation is 1. The number of carbonyl (C=O) groups is 2. The van der Waals surface area contributed by atoms with Crippen LogP contribution in [0.4, 0.5) is 11.4 Å². The van der Waals surface area contributed by atoms with Crippen molar-refractivity contribution < 1.29 is 9.59 Å². The molecule has 1 aliphatic carbocycles. The third kappa shape index (κ3) is 6.30. The molecule has 10 nitrogen and oxygen atoms in total. The average molecular weight is 644 g/mol. The summed E-state index contributed by atoms with van der Waals surface area (Å²) in [5.41, 5.74) is 5.31. The summed E-state index contributed by atoms with van der Waals surface area (Å²) in [6.07, 6.45) is 5.94. The predicted molar refractivity (Wildman–Crippen MR) is 179 cm³/mol. The minimum Gasteiger partial charge on any atom is -0.378 e. The molecule has 2 N–H and O–H groups in total. The summed E-state index contributed by atoms with van der Waals surface area (Å²) < 4.78 is 1.25. The van der Waals surface area contributed by atoms with E-state index in [1.54, 1.807) is 13.2 Å². The van der Waals surface area contributed by atoms with Crippen LogP contribution in [0, 0.1) is 0 Å². The van der Waals surface area contributed by atoms with Crippen molar-refractivity contribution >= 4 is 34.8 Å². The van der Waals surface area contributed by atoms with E-state index in [2.05, 4.69) is 73.9 Å². The van der Waals surface area contributed by atoms with Gasteiger partial charge in [-0.2, -0.15) is 5.10 Å². The molecule has 2 aromatic carbocycles. The number of likely N-dealkylation sites (N-methyl/N-ethyl adjacent to an activating group) is 1. The van der Waals surface area contributed by atoms with Crippen LogP contribution in [0.1, 0.15) is 60.6 Å². The predicted octanol–water partition coefficient (Wildman–Crippen LogP) is 3.71. The van der Waals surface area contributed by atoms with Gasteiger partial charge in [0, 0.05) is 70.0 Å². The van der Waals surface area contributed by atoms with Gasteiger partial charge in [-0.3, -0.25) is 24.6 Å². The Balaban J connectivity index is 0.976. The lowest BCUT2D eigenvalue weighted by Crippen LogP contribution is -2.54. The number of hydrogen-bond donors (Lipinski definition) is 2. The van der Waals surface area contributed by atoms with Crippen LogP contribution in [0.25, 0.3) is 0 Å². The van der Waals surface area contributed by atoms with Gasteiger partial charge in [-0.15, -0.1) is 0 Å². The lowest BCUT2D eigenvalue weighted by Gasteiger charge is -2.43. The molecule has 3 aromatic rings. The average Bonchev–Trinajstić information content (AvgIpc) is 3.82. The summed E-state index contributed by atoms with van der Waals surface area (Å²) >= 11 is 6.33. The molecular weight excluding hydrogens is 602 g/mol. The van der Waals surface area contributed by atoms with Crippen LogP contribution < -0.4 is 21.1 Å². The summed E-state index contributed by atoms with van der Waals surface area (Å²) in [5.74, 6) is -0.247. The topological polar surface area (TPSA) is 103 Å². The summed E-state index contributed by atoms with van der Waals surface area (Å²) in [6, 6.07) is 17.7. The van der Waals surface area contributed by atoms with Gasteiger partial charge in [0.15, 0.2) is 0 Å². The molecular formula is C35H42ClN7O3. The first-order valence-corrected chi connectivity index (χ1v) is 16.7. The van der Waals surface area contributed by atoms with Crippen LogP contribution in [0.2, 0.25) is 5.02 Å². The Bertz CT molecular complexity index is 1690. The van der Waals surface area contributed by atoms with Crippen molar-refractivity contribution in [2.75, 3.05) is 50.0 Å². The second-order valence-corrected chi connectivity index (χ2v) is 14.1. The fourth-order valence-electron chi connectivity index (χ4n) is 7.66. The minimum absolute atomic E-state index is 0.158. The highest BCUT2D eigenvalue weighted by molar-refractivity contribution is 6.32. The lowest BCUT2D eigenvalue weighted by atomic mass is 9.87. The molecule has 4 fully saturated rings. The number of aromatic nitrogens is 2. The van der Waals surface area contributed by atoms with Gasteiger partial charge in [0.1, 0.15) is 5.02 Å². The number of piperazine rings is 1. The van der Waals surface area contributed by atoms with Crippen molar-refractivity contribution in [3.63, 3.8) is 0 Å². The highest BCUT2D eigenvalue weighted by Crippen LogP contribution is 2.46. The highest BCUT2D eigenvalue weighted by atomic mass is 35.5. The molecule has 11 heteroatoms. The van der Waals surface area contributed by atoms with Crippen LogP contribution in [0.15, 0.2) is 59.5 Å². The molecule has 46 heavy (non-hydrogen) atoms. The van der Waals surface area contributed by atoms with Crippen molar-refractivity contribution in [3.05, 3.63) is 86.8 Å². The third-order valence-corrected chi connectivity index (χ3v) is 10.8. The maximum atomic E-state index is 12.5. The Kier molecular flexibility index (Phi) is 8.37. The van der Waals surface area contributed by atoms with Gasteiger partial charge < -0.3 is 15.1 Å². The van der Waals surface area contributed by atoms with Gasteiger partial charge in [-0.25, -0.2) is 4.68 Å². The Morgan fingerprint density at radius 3 is 2.59 bits per heavy atom. The first kappa shape index (κ1) is 30.9. The zero-order valence-corrected chi connectivity index (χ0v) is 27.3. The smallest absolute Gasteiger partial charge is 0.287 e. The van der Waals surface area contributed by atoms with E-state index < -0.39 is 0 Å². The normalized spacial score (nSPS) is 25.0. The number of halogens is 1. The van der Waals surface area contributed by atoms with Gasteiger partial charge in [0.25, 0.3) is 5.56 Å². The zero-order valence-electron chi connectivity index (χ0n) is 26.5. The van der Waals surface area contributed by atoms with Gasteiger partial charge in [-0.05, 0) is 67.5 Å². The van der Waals surface area contributed by atoms with Crippen molar-refractivity contribution in [2.24, 2.45) is 7.05 Å². The van der Waals surface area contributed by atoms with E-state index in [-0.39, 0.29) is 39.9 Å². The van der Waals surface area contributed by atoms with Crippen LogP contribution >= 0.6 is 11.6 Å². The molecule has 4 aliphatic rings. The lowest BCUT2D eigenvalue weighted by molar-refractivity contribution is -0.134. The number of carbonyl (C=O) groups excluding carboxylic acids is 2. The van der Waals surface area contributed by atoms with Crippen LogP contribution in [-0.4, -0.2) is 82.7 Å². The largest absolute Gasteiger partial charge is 0.378 e. The van der Waals surface area contributed by atoms with Gasteiger partial charge in [0.05, 0.1) is 17.8 Å². The second kappa shape index (κ2) is 12.5. The number of piperidine rings is 2. The standard InChI is InChI=1S/C35H42ClN7O3/c1-40-20-26(16-27(21-40)38-30-18-37-41(2)34(46)32(30)36)24-8-6-23(7-9-24)19-43-15-14-42(22-35(43)12-13-35)28-5-3-4-25(17-28)29-10-11-31(44)39-33(29)45/h3-9,17-18,26-27,29,38H,10-16,19-22H2,1-2H3,(H,39,44,45)/t26-,27+,29?/m1/s1. The minimum atomic E-state index is -0.295. The molecule has 0 radical (unpaired) electrons. The van der Waals surface area contributed by atoms with Crippen molar-refractivity contribution in [2.45, 2.75) is 62.1 Å². The number of imide groups is 1. The monoisotopic (exact) mass is 643 g/mol. The number of likely N-dealkylation sites (tertiary alicyclic amines) is 1. The molecule has 3 aliphatic heterocycles. The van der Waals surface area contributed by atoms with E-state index >= 15 is 0 Å². The van der Waals surface area contributed by atoms with E-state index in [1.165, 1.54) is 28.7 Å². The molecule has 0 bridgehead atoms. The summed E-state index contributed by atoms with van der Waals surface area (Å²) in [4.78, 5) is 43.9. The Morgan fingerprint density at radius 2 is 1.83 bits per heavy atom. The van der Waals surface area contributed by atoms with E-state index in [4.69, 9.17) is 11.6 Å². The SMILES string of the molecule is CN1C[C@@H](Nc2cnn(C)c(=O)c2Cl)C[C@@H](c2ccc(CN3CCN(c4cccc(C5CCC(=O)NC5=O)c4)CC34CC4)cc2)C1. The summed E-state index contributed by atoms with van der Waals surface area (Å²) in [7, 11) is 3.74. The van der Waals surface area contributed by atoms with Crippen molar-refractivity contribution in [1.82, 2.24) is 24.9 Å². The third-order valence-electron chi connectivity index (χ3n) is 10.4. The number of anilines is 2. The van der Waals surface area contributed by atoms with Crippen molar-refractivity contribution in [3.8, 4) is 0 Å². The molecule has 7 rings (SSSR count). The molecule has 4 heterocycles. The fraction of sp³-hybridized carbons (Fsp3) is 0.486. The molecule has 1 saturated carbocycles. The molecule has 3 saturated heterocycles. The highest BCUT2D eigenvalue weighted by Gasteiger charge is 2.51. The first-order chi connectivity index (χ1) is 22.2. The Morgan fingerprint density at radius 1 is 1.02 bits per heavy atom. The molecule has 1 aromatic heterocycles. The summed E-state index contributed by atoms with van der Waals surface area (Å²) in [5, 5.41) is 10.3. The number of nitrogens with one attached hydrogen (secondary N) is 2. The first-order valence-electron chi connectivity index (χ1n) is 16.4. The number of amides is 2. The number of nitrogens with zero attached hydrogens (tertiary/aromatic N) is 5. The maximum Gasteiger partial charge on any atom is 0.287 e. The zero-order chi connectivity index (χ0) is 32.0. The quantitative estimate of drug-likeness (QED) is 0.376. The van der Waals surface area contributed by atoms with E-state index in [1.807, 2.05) is 12.1 Å². The van der Waals surface area contributed by atoms with Crippen LogP contribution in [-0.2, 0) is 23.2 Å². The van der Waals surface area contributed by atoms with Crippen molar-refractivity contribution in [1.29, 1.82) is 0 Å². The van der Waals surface area contributed by atoms with Crippen LogP contribution in [0.3, 0.4) is 0 Å². The number of benzene rings is 2. The van der Waals surface area contributed by atoms with E-state index in [0.717, 1.165) is 56.9 Å². The Hall–Kier alpha value is -3.73. The van der Waals surface area contributed by atoms with E-state index in [9.17, 15) is 14.4 Å². The molecule has 3 atom stereocenters. The van der Waals surface area contributed by atoms with E-state index in [0.29, 0.717) is 24.4 Å². The molecule has 242 valence electrons. The van der Waals surface area contributed by atoms with Gasteiger partial charge in [0.2, 0.25) is 11.8 Å². The summed E-state index contributed by atoms with van der Waals surface area (Å²) in [6.45, 7) is 5.71. The molecule has 2 amide bonds. The maximum absolute atomic E-state index is 12.5. The van der Waals surface area contributed by atoms with Gasteiger partial charge in [-0.1, -0.05) is 48.0 Å².